The third-order valence-corrected chi connectivity index (χ3v) is 3.75. The SMILES string of the molecule is CC1(C)C(O)CC1Oc1ccc(Br)cc1. The van der Waals surface area contributed by atoms with Gasteiger partial charge in [-0.2, -0.15) is 0 Å². The molecule has 2 rings (SSSR count). The molecule has 0 aromatic heterocycles. The van der Waals surface area contributed by atoms with Crippen molar-refractivity contribution in [1.82, 2.24) is 0 Å². The molecule has 0 saturated heterocycles. The van der Waals surface area contributed by atoms with E-state index in [0.29, 0.717) is 0 Å². The van der Waals surface area contributed by atoms with E-state index in [1.165, 1.54) is 0 Å². The Balaban J connectivity index is 2.02. The number of aliphatic hydroxyl groups is 1. The highest BCUT2D eigenvalue weighted by molar-refractivity contribution is 9.10. The first-order chi connectivity index (χ1) is 7.00. The summed E-state index contributed by atoms with van der Waals surface area (Å²) < 4.78 is 6.85. The molecule has 2 atom stereocenters. The lowest BCUT2D eigenvalue weighted by atomic mass is 9.66. The van der Waals surface area contributed by atoms with Crippen LogP contribution < -0.4 is 4.74 Å². The van der Waals surface area contributed by atoms with Crippen LogP contribution in [0, 0.1) is 5.41 Å². The number of ether oxygens (including phenoxy) is 1. The predicted octanol–water partition coefficient (Wildman–Crippen LogP) is 2.99. The molecule has 1 aromatic carbocycles. The van der Waals surface area contributed by atoms with Crippen LogP contribution in [-0.4, -0.2) is 17.3 Å². The molecule has 2 unspecified atom stereocenters. The second-order valence-electron chi connectivity index (χ2n) is 4.63. The van der Waals surface area contributed by atoms with Gasteiger partial charge in [-0.3, -0.25) is 0 Å². The molecule has 0 aliphatic heterocycles. The van der Waals surface area contributed by atoms with Crippen LogP contribution in [0.25, 0.3) is 0 Å². The molecule has 0 amide bonds. The predicted molar refractivity (Wildman–Crippen MR) is 63.0 cm³/mol. The fourth-order valence-corrected chi connectivity index (χ4v) is 2.01. The molecular formula is C12H15BrO2. The summed E-state index contributed by atoms with van der Waals surface area (Å²) in [5.41, 5.74) is -0.132. The van der Waals surface area contributed by atoms with Crippen molar-refractivity contribution in [3.05, 3.63) is 28.7 Å². The first-order valence-corrected chi connectivity index (χ1v) is 5.90. The number of rotatable bonds is 2. The minimum atomic E-state index is -0.238. The summed E-state index contributed by atoms with van der Waals surface area (Å²) in [6.07, 6.45) is 0.606. The van der Waals surface area contributed by atoms with Gasteiger partial charge >= 0.3 is 0 Å². The monoisotopic (exact) mass is 270 g/mol. The maximum Gasteiger partial charge on any atom is 0.119 e. The number of benzene rings is 1. The van der Waals surface area contributed by atoms with Crippen LogP contribution in [0.1, 0.15) is 20.3 Å². The molecule has 82 valence electrons. The average molecular weight is 271 g/mol. The van der Waals surface area contributed by atoms with Crippen LogP contribution in [0.15, 0.2) is 28.7 Å². The van der Waals surface area contributed by atoms with Gasteiger partial charge in [0.2, 0.25) is 0 Å². The molecule has 3 heteroatoms. The highest BCUT2D eigenvalue weighted by atomic mass is 79.9. The highest BCUT2D eigenvalue weighted by Crippen LogP contribution is 2.42. The van der Waals surface area contributed by atoms with E-state index in [4.69, 9.17) is 4.74 Å². The van der Waals surface area contributed by atoms with E-state index in [0.717, 1.165) is 16.6 Å². The fourth-order valence-electron chi connectivity index (χ4n) is 1.74. The fraction of sp³-hybridized carbons (Fsp3) is 0.500. The van der Waals surface area contributed by atoms with Gasteiger partial charge in [-0.05, 0) is 24.3 Å². The molecule has 1 aromatic rings. The van der Waals surface area contributed by atoms with Crippen molar-refractivity contribution in [2.45, 2.75) is 32.5 Å². The summed E-state index contributed by atoms with van der Waals surface area (Å²) in [5, 5.41) is 9.58. The third kappa shape index (κ3) is 2.04. The maximum absolute atomic E-state index is 9.58. The van der Waals surface area contributed by atoms with Crippen molar-refractivity contribution in [2.75, 3.05) is 0 Å². The Morgan fingerprint density at radius 3 is 2.40 bits per heavy atom. The lowest BCUT2D eigenvalue weighted by Gasteiger charge is -2.48. The van der Waals surface area contributed by atoms with Crippen molar-refractivity contribution < 1.29 is 9.84 Å². The summed E-state index contributed by atoms with van der Waals surface area (Å²) in [4.78, 5) is 0. The largest absolute Gasteiger partial charge is 0.490 e. The van der Waals surface area contributed by atoms with E-state index in [2.05, 4.69) is 15.9 Å². The standard InChI is InChI=1S/C12H15BrO2/c1-12(2)10(14)7-11(12)15-9-5-3-8(13)4-6-9/h3-6,10-11,14H,7H2,1-2H3. The molecule has 1 fully saturated rings. The number of hydrogen-bond acceptors (Lipinski definition) is 2. The van der Waals surface area contributed by atoms with E-state index in [9.17, 15) is 5.11 Å². The van der Waals surface area contributed by atoms with Gasteiger partial charge in [0.15, 0.2) is 0 Å². The van der Waals surface area contributed by atoms with Gasteiger partial charge in [0, 0.05) is 16.3 Å². The molecule has 0 bridgehead atoms. The minimum Gasteiger partial charge on any atom is -0.490 e. The molecule has 0 heterocycles. The first-order valence-electron chi connectivity index (χ1n) is 5.10. The van der Waals surface area contributed by atoms with E-state index >= 15 is 0 Å². The Morgan fingerprint density at radius 1 is 1.33 bits per heavy atom. The number of halogens is 1. The van der Waals surface area contributed by atoms with Crippen LogP contribution in [0.5, 0.6) is 5.75 Å². The van der Waals surface area contributed by atoms with Crippen molar-refractivity contribution in [3.63, 3.8) is 0 Å². The molecule has 1 aliphatic rings. The minimum absolute atomic E-state index is 0.119. The molecule has 0 radical (unpaired) electrons. The summed E-state index contributed by atoms with van der Waals surface area (Å²) in [7, 11) is 0. The Bertz CT molecular complexity index is 345. The summed E-state index contributed by atoms with van der Waals surface area (Å²) in [5.74, 6) is 0.864. The maximum atomic E-state index is 9.58. The molecule has 1 aliphatic carbocycles. The molecule has 0 spiro atoms. The zero-order valence-electron chi connectivity index (χ0n) is 8.90. The Kier molecular flexibility index (Phi) is 2.77. The van der Waals surface area contributed by atoms with Crippen LogP contribution >= 0.6 is 15.9 Å². The first kappa shape index (κ1) is 11.0. The van der Waals surface area contributed by atoms with Gasteiger partial charge in [0.1, 0.15) is 11.9 Å². The molecule has 2 nitrogen and oxygen atoms in total. The Hall–Kier alpha value is -0.540. The summed E-state index contributed by atoms with van der Waals surface area (Å²) >= 11 is 3.38. The lowest BCUT2D eigenvalue weighted by Crippen LogP contribution is -2.56. The number of aliphatic hydroxyl groups excluding tert-OH is 1. The van der Waals surface area contributed by atoms with E-state index in [1.807, 2.05) is 38.1 Å². The summed E-state index contributed by atoms with van der Waals surface area (Å²) in [6, 6.07) is 7.78. The quantitative estimate of drug-likeness (QED) is 0.896. The number of hydrogen-bond donors (Lipinski definition) is 1. The topological polar surface area (TPSA) is 29.5 Å². The van der Waals surface area contributed by atoms with Crippen molar-refractivity contribution >= 4 is 15.9 Å². The second kappa shape index (κ2) is 3.80. The second-order valence-corrected chi connectivity index (χ2v) is 5.55. The summed E-state index contributed by atoms with van der Waals surface area (Å²) in [6.45, 7) is 4.06. The van der Waals surface area contributed by atoms with Crippen LogP contribution in [-0.2, 0) is 0 Å². The normalized spacial score (nSPS) is 28.3. The van der Waals surface area contributed by atoms with E-state index in [1.54, 1.807) is 0 Å². The van der Waals surface area contributed by atoms with Crippen LogP contribution in [0.4, 0.5) is 0 Å². The van der Waals surface area contributed by atoms with E-state index < -0.39 is 0 Å². The lowest BCUT2D eigenvalue weighted by molar-refractivity contribution is -0.134. The third-order valence-electron chi connectivity index (χ3n) is 3.22. The van der Waals surface area contributed by atoms with Crippen molar-refractivity contribution in [1.29, 1.82) is 0 Å². The highest BCUT2D eigenvalue weighted by Gasteiger charge is 2.49. The zero-order valence-corrected chi connectivity index (χ0v) is 10.5. The van der Waals surface area contributed by atoms with Crippen LogP contribution in [0.3, 0.4) is 0 Å². The smallest absolute Gasteiger partial charge is 0.119 e. The zero-order chi connectivity index (χ0) is 11.1. The Morgan fingerprint density at radius 2 is 1.93 bits per heavy atom. The van der Waals surface area contributed by atoms with Gasteiger partial charge in [0.05, 0.1) is 6.10 Å². The van der Waals surface area contributed by atoms with Crippen LogP contribution in [0.2, 0.25) is 0 Å². The molecule has 1 saturated carbocycles. The average Bonchev–Trinajstić information content (AvgIpc) is 2.21. The molecule has 1 N–H and O–H groups in total. The molecular weight excluding hydrogens is 256 g/mol. The van der Waals surface area contributed by atoms with Gasteiger partial charge in [-0.15, -0.1) is 0 Å². The van der Waals surface area contributed by atoms with Crippen molar-refractivity contribution in [3.8, 4) is 5.75 Å². The molecule has 15 heavy (non-hydrogen) atoms. The van der Waals surface area contributed by atoms with Crippen molar-refractivity contribution in [2.24, 2.45) is 5.41 Å². The van der Waals surface area contributed by atoms with Gasteiger partial charge in [0.25, 0.3) is 0 Å². The van der Waals surface area contributed by atoms with Gasteiger partial charge in [-0.25, -0.2) is 0 Å². The van der Waals surface area contributed by atoms with Gasteiger partial charge in [-0.1, -0.05) is 29.8 Å². The Labute approximate surface area is 98.4 Å². The van der Waals surface area contributed by atoms with Gasteiger partial charge < -0.3 is 9.84 Å². The van der Waals surface area contributed by atoms with E-state index in [-0.39, 0.29) is 17.6 Å².